The summed E-state index contributed by atoms with van der Waals surface area (Å²) in [6.07, 6.45) is 1.65. The maximum Gasteiger partial charge on any atom is 0.249 e. The van der Waals surface area contributed by atoms with Crippen LogP contribution in [0.15, 0.2) is 48.7 Å². The van der Waals surface area contributed by atoms with Crippen LogP contribution in [0.3, 0.4) is 0 Å². The monoisotopic (exact) mass is 369 g/mol. The Morgan fingerprint density at radius 3 is 2.73 bits per heavy atom. The van der Waals surface area contributed by atoms with E-state index in [1.54, 1.807) is 25.4 Å². The van der Waals surface area contributed by atoms with Crippen LogP contribution in [0.4, 0.5) is 23.1 Å². The van der Waals surface area contributed by atoms with Gasteiger partial charge in [-0.3, -0.25) is 0 Å². The molecule has 0 bridgehead atoms. The Morgan fingerprint density at radius 2 is 2.04 bits per heavy atom. The molecule has 0 fully saturated rings. The summed E-state index contributed by atoms with van der Waals surface area (Å²) < 4.78 is 5.16. The van der Waals surface area contributed by atoms with E-state index in [9.17, 15) is 0 Å². The van der Waals surface area contributed by atoms with Gasteiger partial charge in [0.1, 0.15) is 5.75 Å². The molecule has 0 amide bonds. The molecule has 26 heavy (non-hydrogen) atoms. The average molecular weight is 370 g/mol. The van der Waals surface area contributed by atoms with Crippen molar-refractivity contribution >= 4 is 34.7 Å². The molecule has 0 spiro atoms. The highest BCUT2D eigenvalue weighted by Gasteiger charge is 2.11. The van der Waals surface area contributed by atoms with Crippen LogP contribution in [-0.2, 0) is 0 Å². The van der Waals surface area contributed by atoms with Crippen LogP contribution in [0.25, 0.3) is 0 Å². The number of anilines is 4. The van der Waals surface area contributed by atoms with E-state index < -0.39 is 0 Å². The molecule has 3 aromatic rings. The Balaban J connectivity index is 1.86. The number of benzene rings is 2. The number of methoxy groups -OCH3 is 1. The van der Waals surface area contributed by atoms with Gasteiger partial charge in [-0.05, 0) is 49.7 Å². The first-order chi connectivity index (χ1) is 12.6. The maximum absolute atomic E-state index is 6.17. The van der Waals surface area contributed by atoms with Gasteiger partial charge in [0.15, 0.2) is 5.82 Å². The number of aryl methyl sites for hydroxylation is 1. The summed E-state index contributed by atoms with van der Waals surface area (Å²) in [4.78, 5) is 6.66. The van der Waals surface area contributed by atoms with Gasteiger partial charge >= 0.3 is 0 Å². The molecule has 6 nitrogen and oxygen atoms in total. The van der Waals surface area contributed by atoms with Crippen molar-refractivity contribution < 1.29 is 4.74 Å². The first-order valence-corrected chi connectivity index (χ1v) is 8.63. The summed E-state index contributed by atoms with van der Waals surface area (Å²) >= 11 is 6.17. The second-order valence-electron chi connectivity index (χ2n) is 5.70. The van der Waals surface area contributed by atoms with Gasteiger partial charge in [0.05, 0.1) is 18.3 Å². The largest absolute Gasteiger partial charge is 0.495 e. The van der Waals surface area contributed by atoms with Crippen LogP contribution in [0.5, 0.6) is 5.75 Å². The molecule has 0 unspecified atom stereocenters. The van der Waals surface area contributed by atoms with Gasteiger partial charge in [0.2, 0.25) is 5.95 Å². The van der Waals surface area contributed by atoms with E-state index in [2.05, 4.69) is 57.4 Å². The third kappa shape index (κ3) is 4.03. The number of halogens is 1. The topological polar surface area (TPSA) is 63.2 Å². The zero-order valence-corrected chi connectivity index (χ0v) is 15.7. The molecule has 1 aromatic heterocycles. The summed E-state index contributed by atoms with van der Waals surface area (Å²) in [7, 11) is 1.58. The zero-order valence-electron chi connectivity index (χ0n) is 14.9. The molecule has 0 saturated heterocycles. The van der Waals surface area contributed by atoms with E-state index in [0.29, 0.717) is 16.7 Å². The SMILES string of the molecule is CCN(c1cccc(C)c1)c1cnnc(Nc2ccc(OC)c(Cl)c2)n1. The molecule has 0 aliphatic carbocycles. The molecule has 0 aliphatic heterocycles. The van der Waals surface area contributed by atoms with Gasteiger partial charge in [-0.25, -0.2) is 0 Å². The molecule has 0 radical (unpaired) electrons. The summed E-state index contributed by atoms with van der Waals surface area (Å²) in [6.45, 7) is 4.90. The number of hydrogen-bond donors (Lipinski definition) is 1. The van der Waals surface area contributed by atoms with Gasteiger partial charge in [-0.2, -0.15) is 10.1 Å². The van der Waals surface area contributed by atoms with E-state index >= 15 is 0 Å². The van der Waals surface area contributed by atoms with Crippen LogP contribution in [-0.4, -0.2) is 28.8 Å². The minimum Gasteiger partial charge on any atom is -0.495 e. The standard InChI is InChI=1S/C19H20ClN5O/c1-4-25(15-7-5-6-13(2)10-15)18-12-21-24-19(23-18)22-14-8-9-17(26-3)16(20)11-14/h5-12H,4H2,1-3H3,(H,22,23,24). The van der Waals surface area contributed by atoms with E-state index in [4.69, 9.17) is 16.3 Å². The molecular formula is C19H20ClN5O. The quantitative estimate of drug-likeness (QED) is 0.676. The predicted molar refractivity (Wildman–Crippen MR) is 105 cm³/mol. The number of rotatable bonds is 6. The Morgan fingerprint density at radius 1 is 1.19 bits per heavy atom. The van der Waals surface area contributed by atoms with E-state index in [-0.39, 0.29) is 0 Å². The van der Waals surface area contributed by atoms with Gasteiger partial charge in [-0.15, -0.1) is 5.10 Å². The normalized spacial score (nSPS) is 10.5. The van der Waals surface area contributed by atoms with Crippen LogP contribution in [0.2, 0.25) is 5.02 Å². The zero-order chi connectivity index (χ0) is 18.5. The predicted octanol–water partition coefficient (Wildman–Crippen LogP) is 4.74. The molecule has 1 heterocycles. The minimum atomic E-state index is 0.398. The number of hydrogen-bond acceptors (Lipinski definition) is 6. The van der Waals surface area contributed by atoms with Crippen molar-refractivity contribution in [1.29, 1.82) is 0 Å². The van der Waals surface area contributed by atoms with Crippen molar-refractivity contribution in [3.8, 4) is 5.75 Å². The summed E-state index contributed by atoms with van der Waals surface area (Å²) in [5, 5.41) is 11.8. The van der Waals surface area contributed by atoms with Crippen molar-refractivity contribution in [1.82, 2.24) is 15.2 Å². The van der Waals surface area contributed by atoms with Crippen LogP contribution >= 0.6 is 11.6 Å². The van der Waals surface area contributed by atoms with Crippen molar-refractivity contribution in [2.24, 2.45) is 0 Å². The van der Waals surface area contributed by atoms with Crippen molar-refractivity contribution in [2.75, 3.05) is 23.9 Å². The van der Waals surface area contributed by atoms with Crippen molar-refractivity contribution in [2.45, 2.75) is 13.8 Å². The summed E-state index contributed by atoms with van der Waals surface area (Å²) in [5.74, 6) is 1.73. The van der Waals surface area contributed by atoms with E-state index in [0.717, 1.165) is 23.7 Å². The second kappa shape index (κ2) is 8.01. The highest BCUT2D eigenvalue weighted by molar-refractivity contribution is 6.32. The Hall–Kier alpha value is -2.86. The molecule has 0 atom stereocenters. The number of ether oxygens (including phenoxy) is 1. The fourth-order valence-electron chi connectivity index (χ4n) is 2.62. The average Bonchev–Trinajstić information content (AvgIpc) is 2.63. The Kier molecular flexibility index (Phi) is 5.53. The number of nitrogens with zero attached hydrogens (tertiary/aromatic N) is 4. The number of aromatic nitrogens is 3. The third-order valence-corrected chi connectivity index (χ3v) is 4.16. The third-order valence-electron chi connectivity index (χ3n) is 3.86. The second-order valence-corrected chi connectivity index (χ2v) is 6.10. The maximum atomic E-state index is 6.17. The van der Waals surface area contributed by atoms with Gasteiger partial charge in [-0.1, -0.05) is 23.7 Å². The molecule has 0 saturated carbocycles. The molecule has 1 N–H and O–H groups in total. The lowest BCUT2D eigenvalue weighted by Gasteiger charge is -2.22. The van der Waals surface area contributed by atoms with Crippen LogP contribution in [0.1, 0.15) is 12.5 Å². The van der Waals surface area contributed by atoms with Crippen LogP contribution < -0.4 is 15.0 Å². The number of nitrogens with one attached hydrogen (secondary N) is 1. The lowest BCUT2D eigenvalue weighted by molar-refractivity contribution is 0.415. The first-order valence-electron chi connectivity index (χ1n) is 8.25. The van der Waals surface area contributed by atoms with Gasteiger partial charge < -0.3 is 15.0 Å². The minimum absolute atomic E-state index is 0.398. The Bertz CT molecular complexity index is 903. The lowest BCUT2D eigenvalue weighted by Crippen LogP contribution is -2.18. The molecule has 2 aromatic carbocycles. The van der Waals surface area contributed by atoms with E-state index in [1.807, 2.05) is 12.1 Å². The molecule has 7 heteroatoms. The summed E-state index contributed by atoms with van der Waals surface area (Å²) in [5.41, 5.74) is 3.01. The fraction of sp³-hybridized carbons (Fsp3) is 0.211. The first kappa shape index (κ1) is 17.9. The van der Waals surface area contributed by atoms with Crippen molar-refractivity contribution in [3.63, 3.8) is 0 Å². The lowest BCUT2D eigenvalue weighted by atomic mass is 10.2. The van der Waals surface area contributed by atoms with Gasteiger partial charge in [0.25, 0.3) is 0 Å². The Labute approximate surface area is 157 Å². The van der Waals surface area contributed by atoms with Crippen molar-refractivity contribution in [3.05, 3.63) is 59.2 Å². The highest BCUT2D eigenvalue weighted by Crippen LogP contribution is 2.29. The molecule has 134 valence electrons. The van der Waals surface area contributed by atoms with Crippen LogP contribution in [0, 0.1) is 6.92 Å². The fourth-order valence-corrected chi connectivity index (χ4v) is 2.88. The van der Waals surface area contributed by atoms with Gasteiger partial charge in [0, 0.05) is 17.9 Å². The smallest absolute Gasteiger partial charge is 0.249 e. The molecule has 3 rings (SSSR count). The van der Waals surface area contributed by atoms with E-state index in [1.165, 1.54) is 5.56 Å². The molecular weight excluding hydrogens is 350 g/mol. The summed E-state index contributed by atoms with van der Waals surface area (Å²) in [6, 6.07) is 13.6. The molecule has 0 aliphatic rings. The highest BCUT2D eigenvalue weighted by atomic mass is 35.5.